The molecule has 0 spiro atoms. The largest absolute Gasteiger partial charge is 0.358 e. The Kier molecular flexibility index (Phi) is 5.94. The number of likely N-dealkylation sites (N-methyl/N-ethyl adjacent to an activating group) is 1. The van der Waals surface area contributed by atoms with E-state index in [2.05, 4.69) is 53.8 Å². The molecule has 1 aliphatic heterocycles. The zero-order chi connectivity index (χ0) is 12.5. The van der Waals surface area contributed by atoms with E-state index >= 15 is 0 Å². The highest BCUT2D eigenvalue weighted by Crippen LogP contribution is 2.12. The van der Waals surface area contributed by atoms with Crippen LogP contribution < -0.4 is 0 Å². The second-order valence-corrected chi connectivity index (χ2v) is 3.98. The summed E-state index contributed by atoms with van der Waals surface area (Å²) in [5, 5.41) is 0. The summed E-state index contributed by atoms with van der Waals surface area (Å²) in [6.45, 7) is 8.58. The van der Waals surface area contributed by atoms with Gasteiger partial charge in [0.1, 0.15) is 5.82 Å². The first-order chi connectivity index (χ1) is 8.29. The van der Waals surface area contributed by atoms with Crippen LogP contribution in [0.3, 0.4) is 0 Å². The lowest BCUT2D eigenvalue weighted by Gasteiger charge is -2.33. The lowest BCUT2D eigenvalue weighted by Crippen LogP contribution is -2.34. The zero-order valence-corrected chi connectivity index (χ0v) is 10.8. The van der Waals surface area contributed by atoms with Crippen molar-refractivity contribution in [3.05, 3.63) is 61.0 Å². The molecule has 2 nitrogen and oxygen atoms in total. The molecule has 1 heterocycles. The fraction of sp³-hybridized carbons (Fsp3) is 0.333. The highest BCUT2D eigenvalue weighted by atomic mass is 15.3. The van der Waals surface area contributed by atoms with E-state index in [-0.39, 0.29) is 0 Å². The standard InChI is InChI=1S/C15H22N2/c1-4-6-7-9-14-17(12-5-2)15-11-8-10-13-16(15)3/h4-11H,2,12-14H2,1,3H3/b6-4-,9-7-. The van der Waals surface area contributed by atoms with Crippen molar-refractivity contribution < 1.29 is 0 Å². The number of hydrogen-bond acceptors (Lipinski definition) is 2. The number of rotatable bonds is 6. The molecule has 1 rings (SSSR count). The van der Waals surface area contributed by atoms with Crippen molar-refractivity contribution >= 4 is 0 Å². The van der Waals surface area contributed by atoms with Crippen LogP contribution in [0.25, 0.3) is 0 Å². The van der Waals surface area contributed by atoms with Gasteiger partial charge in [0.2, 0.25) is 0 Å². The summed E-state index contributed by atoms with van der Waals surface area (Å²) >= 11 is 0. The minimum atomic E-state index is 0.865. The van der Waals surface area contributed by atoms with Gasteiger partial charge >= 0.3 is 0 Å². The molecule has 2 heteroatoms. The van der Waals surface area contributed by atoms with Crippen molar-refractivity contribution in [3.8, 4) is 0 Å². The molecule has 0 aromatic heterocycles. The molecule has 0 unspecified atom stereocenters. The molecule has 0 bridgehead atoms. The summed E-state index contributed by atoms with van der Waals surface area (Å²) in [4.78, 5) is 4.55. The van der Waals surface area contributed by atoms with E-state index in [0.29, 0.717) is 0 Å². The normalized spacial score (nSPS) is 15.6. The Hall–Kier alpha value is -1.70. The molecule has 17 heavy (non-hydrogen) atoms. The summed E-state index contributed by atoms with van der Waals surface area (Å²) < 4.78 is 0. The molecule has 0 aromatic rings. The predicted molar refractivity (Wildman–Crippen MR) is 75.6 cm³/mol. The van der Waals surface area contributed by atoms with E-state index in [1.807, 2.05) is 25.2 Å². The van der Waals surface area contributed by atoms with Gasteiger partial charge in [-0.2, -0.15) is 0 Å². The summed E-state index contributed by atoms with van der Waals surface area (Å²) in [5.74, 6) is 1.25. The van der Waals surface area contributed by atoms with Crippen molar-refractivity contribution in [1.29, 1.82) is 0 Å². The van der Waals surface area contributed by atoms with Gasteiger partial charge in [0.15, 0.2) is 0 Å². The fourth-order valence-corrected chi connectivity index (χ4v) is 1.74. The first kappa shape index (κ1) is 13.4. The second kappa shape index (κ2) is 7.55. The Morgan fingerprint density at radius 1 is 1.41 bits per heavy atom. The van der Waals surface area contributed by atoms with Crippen molar-refractivity contribution in [2.75, 3.05) is 26.7 Å². The van der Waals surface area contributed by atoms with Crippen LogP contribution in [0.15, 0.2) is 61.0 Å². The van der Waals surface area contributed by atoms with Gasteiger partial charge in [-0.1, -0.05) is 42.5 Å². The Balaban J connectivity index is 2.67. The molecule has 0 aliphatic carbocycles. The van der Waals surface area contributed by atoms with E-state index in [9.17, 15) is 0 Å². The van der Waals surface area contributed by atoms with Crippen molar-refractivity contribution in [3.63, 3.8) is 0 Å². The third kappa shape index (κ3) is 4.35. The quantitative estimate of drug-likeness (QED) is 0.511. The molecule has 0 amide bonds. The van der Waals surface area contributed by atoms with Crippen molar-refractivity contribution in [1.82, 2.24) is 9.80 Å². The monoisotopic (exact) mass is 230 g/mol. The van der Waals surface area contributed by atoms with Crippen LogP contribution in [0.5, 0.6) is 0 Å². The molecular formula is C15H22N2. The third-order valence-electron chi connectivity index (χ3n) is 2.59. The van der Waals surface area contributed by atoms with E-state index in [4.69, 9.17) is 0 Å². The van der Waals surface area contributed by atoms with Gasteiger partial charge in [0, 0.05) is 26.7 Å². The van der Waals surface area contributed by atoms with Crippen LogP contribution in [0.4, 0.5) is 0 Å². The van der Waals surface area contributed by atoms with Crippen LogP contribution in [0.1, 0.15) is 6.92 Å². The minimum Gasteiger partial charge on any atom is -0.358 e. The fourth-order valence-electron chi connectivity index (χ4n) is 1.74. The molecular weight excluding hydrogens is 208 g/mol. The van der Waals surface area contributed by atoms with Crippen LogP contribution >= 0.6 is 0 Å². The van der Waals surface area contributed by atoms with E-state index in [0.717, 1.165) is 19.6 Å². The predicted octanol–water partition coefficient (Wildman–Crippen LogP) is 2.95. The maximum absolute atomic E-state index is 3.82. The van der Waals surface area contributed by atoms with E-state index < -0.39 is 0 Å². The van der Waals surface area contributed by atoms with Crippen LogP contribution in [0, 0.1) is 0 Å². The Labute approximate surface area is 105 Å². The third-order valence-corrected chi connectivity index (χ3v) is 2.59. The lowest BCUT2D eigenvalue weighted by molar-refractivity contribution is 0.280. The molecule has 0 saturated heterocycles. The maximum atomic E-state index is 3.82. The molecule has 0 saturated carbocycles. The minimum absolute atomic E-state index is 0.865. The number of hydrogen-bond donors (Lipinski definition) is 0. The van der Waals surface area contributed by atoms with Gasteiger partial charge < -0.3 is 9.80 Å². The summed E-state index contributed by atoms with van der Waals surface area (Å²) in [6.07, 6.45) is 16.7. The van der Waals surface area contributed by atoms with Crippen LogP contribution in [0.2, 0.25) is 0 Å². The highest BCUT2D eigenvalue weighted by Gasteiger charge is 2.11. The topological polar surface area (TPSA) is 6.48 Å². The second-order valence-electron chi connectivity index (χ2n) is 3.98. The van der Waals surface area contributed by atoms with E-state index in [1.54, 1.807) is 0 Å². The van der Waals surface area contributed by atoms with Crippen LogP contribution in [-0.4, -0.2) is 36.5 Å². The first-order valence-electron chi connectivity index (χ1n) is 6.01. The van der Waals surface area contributed by atoms with Gasteiger partial charge in [-0.3, -0.25) is 0 Å². The van der Waals surface area contributed by atoms with Gasteiger partial charge in [-0.25, -0.2) is 0 Å². The maximum Gasteiger partial charge on any atom is 0.104 e. The summed E-state index contributed by atoms with van der Waals surface area (Å²) in [7, 11) is 2.11. The molecule has 0 aromatic carbocycles. The number of allylic oxidation sites excluding steroid dienone is 5. The molecule has 0 N–H and O–H groups in total. The van der Waals surface area contributed by atoms with Gasteiger partial charge in [-0.05, 0) is 13.0 Å². The summed E-state index contributed by atoms with van der Waals surface area (Å²) in [5.41, 5.74) is 0. The molecule has 0 radical (unpaired) electrons. The van der Waals surface area contributed by atoms with Crippen LogP contribution in [-0.2, 0) is 0 Å². The lowest BCUT2D eigenvalue weighted by atomic mass is 10.3. The average molecular weight is 230 g/mol. The SMILES string of the molecule is C=CCN(C/C=C\C=C/C)C1=CC=CCN1C. The molecule has 0 fully saturated rings. The summed E-state index contributed by atoms with van der Waals surface area (Å²) in [6, 6.07) is 0. The average Bonchev–Trinajstić information content (AvgIpc) is 2.34. The smallest absolute Gasteiger partial charge is 0.104 e. The van der Waals surface area contributed by atoms with Gasteiger partial charge in [0.05, 0.1) is 0 Å². The molecule has 0 atom stereocenters. The molecule has 1 aliphatic rings. The highest BCUT2D eigenvalue weighted by molar-refractivity contribution is 5.18. The Bertz CT molecular complexity index is 348. The van der Waals surface area contributed by atoms with Gasteiger partial charge in [-0.15, -0.1) is 6.58 Å². The molecule has 92 valence electrons. The van der Waals surface area contributed by atoms with Gasteiger partial charge in [0.25, 0.3) is 0 Å². The zero-order valence-electron chi connectivity index (χ0n) is 10.8. The Morgan fingerprint density at radius 2 is 2.24 bits per heavy atom. The van der Waals surface area contributed by atoms with E-state index in [1.165, 1.54) is 5.82 Å². The van der Waals surface area contributed by atoms with Crippen molar-refractivity contribution in [2.24, 2.45) is 0 Å². The van der Waals surface area contributed by atoms with Crippen molar-refractivity contribution in [2.45, 2.75) is 6.92 Å². The number of nitrogens with zero attached hydrogens (tertiary/aromatic N) is 2. The first-order valence-corrected chi connectivity index (χ1v) is 6.01. The Morgan fingerprint density at radius 3 is 2.88 bits per heavy atom.